The van der Waals surface area contributed by atoms with E-state index in [1.807, 2.05) is 0 Å². The Labute approximate surface area is 78.0 Å². The van der Waals surface area contributed by atoms with E-state index in [9.17, 15) is 0 Å². The van der Waals surface area contributed by atoms with Crippen LogP contribution in [0.2, 0.25) is 0 Å². The Balaban J connectivity index is -0.00000000667. The van der Waals surface area contributed by atoms with Gasteiger partial charge in [0, 0.05) is 0 Å². The van der Waals surface area contributed by atoms with E-state index in [1.165, 1.54) is 5.97 Å². The van der Waals surface area contributed by atoms with Gasteiger partial charge in [0.15, 0.2) is 0 Å². The number of rotatable bonds is 0. The Hall–Kier alpha value is 1.24. The standard InChI is InChI=1S/CBN.HI.H3N.Na/c2-1-3;;;/h;1H;1H3;/q;;;+1/p-1. The van der Waals surface area contributed by atoms with Crippen molar-refractivity contribution in [1.29, 1.82) is 5.26 Å². The smallest absolute Gasteiger partial charge is 1.00 e. The summed E-state index contributed by atoms with van der Waals surface area (Å²) >= 11 is 0. The molecule has 28 valence electrons. The Morgan fingerprint density at radius 3 is 1.50 bits per heavy atom. The van der Waals surface area contributed by atoms with E-state index < -0.39 is 0 Å². The van der Waals surface area contributed by atoms with Gasteiger partial charge in [-0.25, -0.2) is 5.26 Å². The van der Waals surface area contributed by atoms with E-state index in [4.69, 9.17) is 5.26 Å². The van der Waals surface area contributed by atoms with Crippen LogP contribution < -0.4 is 59.7 Å². The third-order valence-corrected chi connectivity index (χ3v) is 0. The van der Waals surface area contributed by atoms with Gasteiger partial charge < -0.3 is 30.1 Å². The average Bonchev–Trinajstić information content (AvgIpc) is 0.918. The monoisotopic (exact) mass is 204 g/mol. The summed E-state index contributed by atoms with van der Waals surface area (Å²) in [5.74, 6) is 1.25. The number of hydrogen-bond donors (Lipinski definition) is 1. The number of halogens is 1. The first-order chi connectivity index (χ1) is 1.41. The van der Waals surface area contributed by atoms with Crippen LogP contribution in [-0.2, 0) is 0 Å². The fourth-order valence-corrected chi connectivity index (χ4v) is 0. The van der Waals surface area contributed by atoms with E-state index in [0.29, 0.717) is 0 Å². The van der Waals surface area contributed by atoms with Gasteiger partial charge in [-0.15, -0.1) is 0 Å². The van der Waals surface area contributed by atoms with E-state index in [1.54, 1.807) is 0 Å². The number of nitriles is 1. The minimum absolute atomic E-state index is 0. The summed E-state index contributed by atoms with van der Waals surface area (Å²) < 4.78 is 0. The zero-order valence-corrected chi connectivity index (χ0v) is 7.77. The first kappa shape index (κ1) is 26.8. The molecule has 0 saturated carbocycles. The summed E-state index contributed by atoms with van der Waals surface area (Å²) in [7, 11) is 4.15. The fourth-order valence-electron chi connectivity index (χ4n) is 0. The molecule has 0 heterocycles. The van der Waals surface area contributed by atoms with Crippen LogP contribution in [0.4, 0.5) is 0 Å². The third-order valence-electron chi connectivity index (χ3n) is 0. The molecule has 5 heteroatoms. The molecule has 0 unspecified atom stereocenters. The van der Waals surface area contributed by atoms with Crippen molar-refractivity contribution in [1.82, 2.24) is 6.15 Å². The van der Waals surface area contributed by atoms with Gasteiger partial charge in [-0.05, 0) is 5.97 Å². The molecule has 0 fully saturated rings. The van der Waals surface area contributed by atoms with Crippen molar-refractivity contribution in [3.63, 3.8) is 0 Å². The molecule has 2 nitrogen and oxygen atoms in total. The summed E-state index contributed by atoms with van der Waals surface area (Å²) in [4.78, 5) is 0. The van der Waals surface area contributed by atoms with Crippen LogP contribution in [0.25, 0.3) is 0 Å². The molecule has 0 aliphatic rings. The zero-order chi connectivity index (χ0) is 2.71. The number of hydrogen-bond acceptors (Lipinski definition) is 2. The Morgan fingerprint density at radius 1 is 1.50 bits per heavy atom. The van der Waals surface area contributed by atoms with Gasteiger partial charge in [0.25, 0.3) is 0 Å². The van der Waals surface area contributed by atoms with E-state index in [-0.39, 0.29) is 59.7 Å². The quantitative estimate of drug-likeness (QED) is 0.315. The normalized spacial score (nSPS) is 1.17. The van der Waals surface area contributed by atoms with Crippen LogP contribution >= 0.6 is 0 Å². The second kappa shape index (κ2) is 34.1. The molecular formula is CH3BIN2Na. The van der Waals surface area contributed by atoms with E-state index in [0.717, 1.165) is 0 Å². The second-order valence-corrected chi connectivity index (χ2v) is 0.129. The van der Waals surface area contributed by atoms with Crippen molar-refractivity contribution in [3.05, 3.63) is 0 Å². The van der Waals surface area contributed by atoms with Crippen LogP contribution in [0, 0.1) is 11.2 Å². The van der Waals surface area contributed by atoms with Crippen molar-refractivity contribution < 1.29 is 53.5 Å². The van der Waals surface area contributed by atoms with E-state index in [2.05, 4.69) is 7.85 Å². The summed E-state index contributed by atoms with van der Waals surface area (Å²) in [6, 6.07) is 0. The van der Waals surface area contributed by atoms with Crippen molar-refractivity contribution >= 4 is 7.85 Å². The largest absolute Gasteiger partial charge is 1.00 e. The Bertz CT molecular complexity index is 35.0. The summed E-state index contributed by atoms with van der Waals surface area (Å²) in [5, 5.41) is 7.10. The van der Waals surface area contributed by atoms with Crippen LogP contribution in [0.3, 0.4) is 0 Å². The Kier molecular flexibility index (Phi) is 152. The van der Waals surface area contributed by atoms with Crippen molar-refractivity contribution in [3.8, 4) is 5.97 Å². The zero-order valence-electron chi connectivity index (χ0n) is 3.61. The van der Waals surface area contributed by atoms with Gasteiger partial charge in [0.05, 0.1) is 0 Å². The van der Waals surface area contributed by atoms with Gasteiger partial charge in [-0.3, -0.25) is 0 Å². The molecule has 0 aromatic heterocycles. The molecule has 0 bridgehead atoms. The van der Waals surface area contributed by atoms with Crippen LogP contribution in [-0.4, -0.2) is 7.85 Å². The number of nitrogens with zero attached hydrogens (tertiary/aromatic N) is 1. The molecule has 0 aromatic rings. The summed E-state index contributed by atoms with van der Waals surface area (Å²) in [5.41, 5.74) is 0. The molecule has 0 amide bonds. The fraction of sp³-hybridized carbons (Fsp3) is 0. The first-order valence-electron chi connectivity index (χ1n) is 0.512. The predicted molar refractivity (Wildman–Crippen MR) is 16.4 cm³/mol. The van der Waals surface area contributed by atoms with Gasteiger partial charge >= 0.3 is 29.6 Å². The van der Waals surface area contributed by atoms with Crippen molar-refractivity contribution in [2.45, 2.75) is 0 Å². The molecule has 0 aliphatic carbocycles. The molecule has 0 aromatic carbocycles. The maximum atomic E-state index is 7.10. The minimum Gasteiger partial charge on any atom is -1.00 e. The van der Waals surface area contributed by atoms with Crippen molar-refractivity contribution in [2.75, 3.05) is 0 Å². The molecule has 0 saturated heterocycles. The Morgan fingerprint density at radius 2 is 1.50 bits per heavy atom. The maximum absolute atomic E-state index is 7.10. The molecular weight excluding hydrogens is 201 g/mol. The third kappa shape index (κ3) is 61.0. The van der Waals surface area contributed by atoms with Crippen LogP contribution in [0.1, 0.15) is 0 Å². The topological polar surface area (TPSA) is 58.8 Å². The first-order valence-corrected chi connectivity index (χ1v) is 0.512. The molecule has 0 atom stereocenters. The minimum atomic E-state index is 0. The average molecular weight is 204 g/mol. The van der Waals surface area contributed by atoms with Gasteiger partial charge in [0.1, 0.15) is 0 Å². The second-order valence-electron chi connectivity index (χ2n) is 0.129. The van der Waals surface area contributed by atoms with Gasteiger partial charge in [-0.1, -0.05) is 0 Å². The summed E-state index contributed by atoms with van der Waals surface area (Å²) in [6.45, 7) is 0. The molecule has 0 rings (SSSR count). The van der Waals surface area contributed by atoms with Crippen molar-refractivity contribution in [2.24, 2.45) is 0 Å². The van der Waals surface area contributed by atoms with Gasteiger partial charge in [-0.2, -0.15) is 0 Å². The molecule has 6 heavy (non-hydrogen) atoms. The van der Waals surface area contributed by atoms with E-state index >= 15 is 0 Å². The van der Waals surface area contributed by atoms with Crippen LogP contribution in [0.15, 0.2) is 0 Å². The SMILES string of the molecule is N.[B]C#N.[I-].[Na+]. The maximum Gasteiger partial charge on any atom is 1.00 e. The van der Waals surface area contributed by atoms with Crippen LogP contribution in [0.5, 0.6) is 0 Å². The molecule has 0 spiro atoms. The molecule has 0 aliphatic heterocycles. The van der Waals surface area contributed by atoms with Gasteiger partial charge in [0.2, 0.25) is 7.85 Å². The molecule has 3 N–H and O–H groups in total. The molecule has 2 radical (unpaired) electrons. The summed E-state index contributed by atoms with van der Waals surface area (Å²) in [6.07, 6.45) is 0. The predicted octanol–water partition coefficient (Wildman–Crippen LogP) is -6.19.